The van der Waals surface area contributed by atoms with E-state index in [4.69, 9.17) is 0 Å². The predicted octanol–water partition coefficient (Wildman–Crippen LogP) is 5.64. The minimum Gasteiger partial charge on any atom is -0.107 e. The van der Waals surface area contributed by atoms with E-state index in [0.717, 1.165) is 0 Å². The first kappa shape index (κ1) is 18.0. The van der Waals surface area contributed by atoms with E-state index in [0.29, 0.717) is 0 Å². The van der Waals surface area contributed by atoms with Crippen LogP contribution in [-0.4, -0.2) is 0 Å². The predicted molar refractivity (Wildman–Crippen MR) is 91.0 cm³/mol. The molecule has 0 bridgehead atoms. The van der Waals surface area contributed by atoms with Gasteiger partial charge in [-0.05, 0) is 41.5 Å². The van der Waals surface area contributed by atoms with Crippen molar-refractivity contribution in [3.05, 3.63) is 70.8 Å². The van der Waals surface area contributed by atoms with Crippen LogP contribution in [-0.2, 0) is 0 Å². The van der Waals surface area contributed by atoms with E-state index in [9.17, 15) is 0 Å². The van der Waals surface area contributed by atoms with Gasteiger partial charge in [0.25, 0.3) is 0 Å². The van der Waals surface area contributed by atoms with Crippen LogP contribution < -0.4 is 0 Å². The molecule has 0 aliphatic rings. The monoisotopic (exact) mass is 266 g/mol. The minimum atomic E-state index is 1.33. The summed E-state index contributed by atoms with van der Waals surface area (Å²) >= 11 is 0. The summed E-state index contributed by atoms with van der Waals surface area (Å²) in [5.74, 6) is 5.36. The first-order chi connectivity index (χ1) is 9.49. The molecule has 0 nitrogen and oxygen atoms in total. The highest BCUT2D eigenvalue weighted by atomic mass is 13.9. The molecule has 2 aromatic carbocycles. The maximum atomic E-state index is 2.68. The molecule has 0 fully saturated rings. The van der Waals surface area contributed by atoms with Crippen molar-refractivity contribution in [2.45, 2.75) is 41.5 Å². The van der Waals surface area contributed by atoms with Gasteiger partial charge in [0, 0.05) is 0 Å². The first-order valence-corrected chi connectivity index (χ1v) is 6.89. The highest BCUT2D eigenvalue weighted by molar-refractivity contribution is 5.20. The SMILES string of the molecule is CC#CC.Cc1ccc(C)cc1.Cc1ccc(C)cc1. The fourth-order valence-corrected chi connectivity index (χ4v) is 1.27. The van der Waals surface area contributed by atoms with Gasteiger partial charge >= 0.3 is 0 Å². The first-order valence-electron chi connectivity index (χ1n) is 6.89. The average molecular weight is 266 g/mol. The zero-order chi connectivity index (χ0) is 15.4. The third kappa shape index (κ3) is 9.97. The van der Waals surface area contributed by atoms with E-state index in [1.54, 1.807) is 0 Å². The van der Waals surface area contributed by atoms with Crippen molar-refractivity contribution in [3.63, 3.8) is 0 Å². The number of hydrogen-bond donors (Lipinski definition) is 0. The highest BCUT2D eigenvalue weighted by Crippen LogP contribution is 2.00. The Balaban J connectivity index is 0.000000289. The van der Waals surface area contributed by atoms with Crippen LogP contribution in [0, 0.1) is 39.5 Å². The molecular formula is C20H26. The lowest BCUT2D eigenvalue weighted by Crippen LogP contribution is -1.70. The van der Waals surface area contributed by atoms with Crippen LogP contribution in [0.5, 0.6) is 0 Å². The summed E-state index contributed by atoms with van der Waals surface area (Å²) in [7, 11) is 0. The second-order valence-electron chi connectivity index (χ2n) is 4.81. The van der Waals surface area contributed by atoms with Gasteiger partial charge in [-0.15, -0.1) is 11.8 Å². The van der Waals surface area contributed by atoms with E-state index < -0.39 is 0 Å². The molecule has 0 aliphatic heterocycles. The molecular weight excluding hydrogens is 240 g/mol. The van der Waals surface area contributed by atoms with Crippen molar-refractivity contribution in [1.82, 2.24) is 0 Å². The molecule has 0 N–H and O–H groups in total. The zero-order valence-electron chi connectivity index (χ0n) is 13.6. The Bertz CT molecular complexity index is 427. The normalized spacial score (nSPS) is 8.10. The Labute approximate surface area is 124 Å². The molecule has 0 aliphatic carbocycles. The summed E-state index contributed by atoms with van der Waals surface area (Å²) < 4.78 is 0. The van der Waals surface area contributed by atoms with Crippen LogP contribution in [0.4, 0.5) is 0 Å². The van der Waals surface area contributed by atoms with Gasteiger partial charge in [-0.25, -0.2) is 0 Å². The summed E-state index contributed by atoms with van der Waals surface area (Å²) in [6, 6.07) is 17.0. The second kappa shape index (κ2) is 10.9. The van der Waals surface area contributed by atoms with Crippen LogP contribution in [0.1, 0.15) is 36.1 Å². The molecule has 2 rings (SSSR count). The number of rotatable bonds is 0. The summed E-state index contributed by atoms with van der Waals surface area (Å²) in [5, 5.41) is 0. The zero-order valence-corrected chi connectivity index (χ0v) is 13.6. The molecule has 0 spiro atoms. The average Bonchev–Trinajstić information content (AvgIpc) is 2.46. The lowest BCUT2D eigenvalue weighted by molar-refractivity contribution is 1.40. The quantitative estimate of drug-likeness (QED) is 0.542. The Morgan fingerprint density at radius 3 is 0.700 bits per heavy atom. The van der Waals surface area contributed by atoms with Crippen LogP contribution in [0.2, 0.25) is 0 Å². The Kier molecular flexibility index (Phi) is 9.79. The third-order valence-electron chi connectivity index (χ3n) is 2.69. The van der Waals surface area contributed by atoms with E-state index in [1.165, 1.54) is 22.3 Å². The van der Waals surface area contributed by atoms with Gasteiger partial charge in [0.1, 0.15) is 0 Å². The summed E-state index contributed by atoms with van der Waals surface area (Å²) in [5.41, 5.74) is 5.32. The van der Waals surface area contributed by atoms with Crippen LogP contribution in [0.15, 0.2) is 48.5 Å². The molecule has 0 heteroatoms. The van der Waals surface area contributed by atoms with Crippen molar-refractivity contribution in [2.24, 2.45) is 0 Å². The molecule has 20 heavy (non-hydrogen) atoms. The standard InChI is InChI=1S/2C8H10.C4H6/c2*1-7-3-5-8(2)6-4-7;1-3-4-2/h2*3-6H,1-2H3;1-2H3. The van der Waals surface area contributed by atoms with Crippen molar-refractivity contribution >= 4 is 0 Å². The van der Waals surface area contributed by atoms with Gasteiger partial charge in [0.2, 0.25) is 0 Å². The lowest BCUT2D eigenvalue weighted by Gasteiger charge is -1.90. The molecule has 0 heterocycles. The van der Waals surface area contributed by atoms with E-state index in [-0.39, 0.29) is 0 Å². The molecule has 0 amide bonds. The van der Waals surface area contributed by atoms with Gasteiger partial charge in [0.05, 0.1) is 0 Å². The number of aryl methyl sites for hydroxylation is 4. The molecule has 0 radical (unpaired) electrons. The van der Waals surface area contributed by atoms with Gasteiger partial charge in [-0.2, -0.15) is 0 Å². The molecule has 0 unspecified atom stereocenters. The van der Waals surface area contributed by atoms with E-state index in [1.807, 2.05) is 13.8 Å². The van der Waals surface area contributed by atoms with E-state index >= 15 is 0 Å². The fraction of sp³-hybridized carbons (Fsp3) is 0.300. The number of hydrogen-bond acceptors (Lipinski definition) is 0. The molecule has 0 saturated carbocycles. The maximum absolute atomic E-state index is 2.68. The highest BCUT2D eigenvalue weighted by Gasteiger charge is 1.80. The Hall–Kier alpha value is -2.00. The molecule has 106 valence electrons. The smallest absolute Gasteiger partial charge is 0.00271 e. The van der Waals surface area contributed by atoms with Crippen molar-refractivity contribution in [1.29, 1.82) is 0 Å². The van der Waals surface area contributed by atoms with Crippen molar-refractivity contribution in [3.8, 4) is 11.8 Å². The third-order valence-corrected chi connectivity index (χ3v) is 2.69. The van der Waals surface area contributed by atoms with Gasteiger partial charge in [-0.3, -0.25) is 0 Å². The molecule has 0 aromatic heterocycles. The van der Waals surface area contributed by atoms with Gasteiger partial charge in [-0.1, -0.05) is 70.8 Å². The Morgan fingerprint density at radius 2 is 0.600 bits per heavy atom. The topological polar surface area (TPSA) is 0 Å². The van der Waals surface area contributed by atoms with Crippen LogP contribution in [0.3, 0.4) is 0 Å². The maximum Gasteiger partial charge on any atom is -0.00271 e. The molecule has 2 aromatic rings. The van der Waals surface area contributed by atoms with Crippen molar-refractivity contribution < 1.29 is 0 Å². The van der Waals surface area contributed by atoms with E-state index in [2.05, 4.69) is 88.1 Å². The fourth-order valence-electron chi connectivity index (χ4n) is 1.27. The van der Waals surface area contributed by atoms with Crippen molar-refractivity contribution in [2.75, 3.05) is 0 Å². The van der Waals surface area contributed by atoms with Crippen LogP contribution >= 0.6 is 0 Å². The molecule has 0 atom stereocenters. The molecule has 0 saturated heterocycles. The van der Waals surface area contributed by atoms with Gasteiger partial charge in [0.15, 0.2) is 0 Å². The summed E-state index contributed by atoms with van der Waals surface area (Å²) in [4.78, 5) is 0. The lowest BCUT2D eigenvalue weighted by atomic mass is 10.2. The van der Waals surface area contributed by atoms with Crippen LogP contribution in [0.25, 0.3) is 0 Å². The second-order valence-corrected chi connectivity index (χ2v) is 4.81. The summed E-state index contributed by atoms with van der Waals surface area (Å²) in [6.45, 7) is 12.0. The summed E-state index contributed by atoms with van der Waals surface area (Å²) in [6.07, 6.45) is 0. The number of benzene rings is 2. The minimum absolute atomic E-state index is 1.33. The largest absolute Gasteiger partial charge is 0.107 e. The Morgan fingerprint density at radius 1 is 0.450 bits per heavy atom. The van der Waals surface area contributed by atoms with Gasteiger partial charge < -0.3 is 0 Å².